The van der Waals surface area contributed by atoms with Crippen molar-refractivity contribution >= 4 is 38.9 Å². The van der Waals surface area contributed by atoms with Gasteiger partial charge in [0, 0.05) is 23.6 Å². The minimum Gasteiger partial charge on any atom is -0.429 e. The standard InChI is InChI=1S/C18H17ClN2O2S/c1-11(2)7-14(22)9-13-4-5-15(10-20-13)23-18-21-16-6-3-12(19)8-17(16)24-18/h3-6,8,10-11H,7,9H2,1-2H3. The first-order chi connectivity index (χ1) is 11.5. The molecule has 1 aromatic carbocycles. The van der Waals surface area contributed by atoms with Gasteiger partial charge in [-0.2, -0.15) is 0 Å². The van der Waals surface area contributed by atoms with Crippen molar-refractivity contribution in [2.24, 2.45) is 5.92 Å². The first-order valence-corrected chi connectivity index (χ1v) is 8.89. The molecule has 4 nitrogen and oxygen atoms in total. The molecule has 0 atom stereocenters. The molecule has 0 N–H and O–H groups in total. The molecule has 2 heterocycles. The van der Waals surface area contributed by atoms with Crippen LogP contribution in [0.5, 0.6) is 10.9 Å². The van der Waals surface area contributed by atoms with E-state index >= 15 is 0 Å². The number of carbonyl (C=O) groups excluding carboxylic acids is 1. The molecule has 0 unspecified atom stereocenters. The van der Waals surface area contributed by atoms with Crippen LogP contribution in [0.25, 0.3) is 10.2 Å². The van der Waals surface area contributed by atoms with E-state index in [0.717, 1.165) is 15.9 Å². The number of benzene rings is 1. The summed E-state index contributed by atoms with van der Waals surface area (Å²) in [5.41, 5.74) is 1.60. The second-order valence-electron chi connectivity index (χ2n) is 5.99. The number of ketones is 1. The van der Waals surface area contributed by atoms with Gasteiger partial charge < -0.3 is 4.74 Å². The molecular formula is C18H17ClN2O2S. The molecule has 6 heteroatoms. The number of ether oxygens (including phenoxy) is 1. The first kappa shape index (κ1) is 16.9. The van der Waals surface area contributed by atoms with Crippen LogP contribution in [0.1, 0.15) is 26.0 Å². The second-order valence-corrected chi connectivity index (χ2v) is 7.42. The van der Waals surface area contributed by atoms with Crippen molar-refractivity contribution in [1.29, 1.82) is 0 Å². The minimum atomic E-state index is 0.203. The summed E-state index contributed by atoms with van der Waals surface area (Å²) in [7, 11) is 0. The highest BCUT2D eigenvalue weighted by Crippen LogP contribution is 2.32. The average Bonchev–Trinajstić information content (AvgIpc) is 2.89. The summed E-state index contributed by atoms with van der Waals surface area (Å²) in [5, 5.41) is 1.22. The number of Topliss-reactive ketones (excluding diaryl/α,β-unsaturated/α-hetero) is 1. The molecule has 0 bridgehead atoms. The molecule has 3 aromatic rings. The molecule has 0 radical (unpaired) electrons. The third kappa shape index (κ3) is 4.30. The Bertz CT molecular complexity index is 859. The van der Waals surface area contributed by atoms with Gasteiger partial charge >= 0.3 is 0 Å². The molecular weight excluding hydrogens is 344 g/mol. The summed E-state index contributed by atoms with van der Waals surface area (Å²) in [6.07, 6.45) is 2.56. The Morgan fingerprint density at radius 1 is 1.29 bits per heavy atom. The number of thiazole rings is 1. The fourth-order valence-corrected chi connectivity index (χ4v) is 3.44. The number of fused-ring (bicyclic) bond motifs is 1. The van der Waals surface area contributed by atoms with Crippen LogP contribution >= 0.6 is 22.9 Å². The highest BCUT2D eigenvalue weighted by molar-refractivity contribution is 7.20. The molecule has 0 spiro atoms. The third-order valence-corrected chi connectivity index (χ3v) is 4.48. The number of halogens is 1. The van der Waals surface area contributed by atoms with Crippen LogP contribution in [0.15, 0.2) is 36.5 Å². The van der Waals surface area contributed by atoms with Crippen molar-refractivity contribution in [2.45, 2.75) is 26.7 Å². The second kappa shape index (κ2) is 7.28. The summed E-state index contributed by atoms with van der Waals surface area (Å²) in [6.45, 7) is 4.07. The van der Waals surface area contributed by atoms with E-state index in [-0.39, 0.29) is 5.78 Å². The number of hydrogen-bond donors (Lipinski definition) is 0. The maximum Gasteiger partial charge on any atom is 0.279 e. The highest BCUT2D eigenvalue weighted by atomic mass is 35.5. The number of hydrogen-bond acceptors (Lipinski definition) is 5. The predicted octanol–water partition coefficient (Wildman–Crippen LogP) is 5.29. The fourth-order valence-electron chi connectivity index (χ4n) is 2.33. The van der Waals surface area contributed by atoms with Crippen LogP contribution in [0, 0.1) is 5.92 Å². The van der Waals surface area contributed by atoms with E-state index in [9.17, 15) is 4.79 Å². The molecule has 0 aliphatic carbocycles. The summed E-state index contributed by atoms with van der Waals surface area (Å²) >= 11 is 7.41. The quantitative estimate of drug-likeness (QED) is 0.599. The molecule has 0 saturated carbocycles. The number of aromatic nitrogens is 2. The van der Waals surface area contributed by atoms with E-state index in [0.29, 0.717) is 34.7 Å². The smallest absolute Gasteiger partial charge is 0.279 e. The SMILES string of the molecule is CC(C)CC(=O)Cc1ccc(Oc2nc3ccc(Cl)cc3s2)cn1. The van der Waals surface area contributed by atoms with E-state index in [1.54, 1.807) is 12.3 Å². The Balaban J connectivity index is 1.67. The van der Waals surface area contributed by atoms with Gasteiger partial charge in [-0.1, -0.05) is 36.8 Å². The summed E-state index contributed by atoms with van der Waals surface area (Å²) in [4.78, 5) is 20.5. The van der Waals surface area contributed by atoms with E-state index in [1.165, 1.54) is 11.3 Å². The molecule has 2 aromatic heterocycles. The normalized spacial score (nSPS) is 11.2. The molecule has 124 valence electrons. The molecule has 0 amide bonds. The van der Waals surface area contributed by atoms with Crippen molar-refractivity contribution in [1.82, 2.24) is 9.97 Å². The van der Waals surface area contributed by atoms with Gasteiger partial charge in [-0.25, -0.2) is 4.98 Å². The van der Waals surface area contributed by atoms with E-state index < -0.39 is 0 Å². The Kier molecular flexibility index (Phi) is 5.11. The molecule has 0 aliphatic heterocycles. The van der Waals surface area contributed by atoms with Crippen LogP contribution in [-0.4, -0.2) is 15.8 Å². The molecule has 24 heavy (non-hydrogen) atoms. The molecule has 0 fully saturated rings. The lowest BCUT2D eigenvalue weighted by atomic mass is 10.0. The van der Waals surface area contributed by atoms with Crippen LogP contribution < -0.4 is 4.74 Å². The maximum absolute atomic E-state index is 11.8. The molecule has 3 rings (SSSR count). The Labute approximate surface area is 149 Å². The monoisotopic (exact) mass is 360 g/mol. The lowest BCUT2D eigenvalue weighted by molar-refractivity contribution is -0.119. The number of rotatable bonds is 6. The minimum absolute atomic E-state index is 0.203. The lowest BCUT2D eigenvalue weighted by Crippen LogP contribution is -2.07. The van der Waals surface area contributed by atoms with Crippen molar-refractivity contribution in [3.05, 3.63) is 47.2 Å². The van der Waals surface area contributed by atoms with Gasteiger partial charge in [0.25, 0.3) is 5.19 Å². The maximum atomic E-state index is 11.8. The number of carbonyl (C=O) groups is 1. The predicted molar refractivity (Wildman–Crippen MR) is 97.1 cm³/mol. The summed E-state index contributed by atoms with van der Waals surface area (Å²) in [6, 6.07) is 9.16. The molecule has 0 aliphatic rings. The van der Waals surface area contributed by atoms with E-state index in [4.69, 9.17) is 16.3 Å². The van der Waals surface area contributed by atoms with Crippen molar-refractivity contribution in [2.75, 3.05) is 0 Å². The number of pyridine rings is 1. The van der Waals surface area contributed by atoms with Crippen LogP contribution in [0.4, 0.5) is 0 Å². The van der Waals surface area contributed by atoms with Gasteiger partial charge in [0.2, 0.25) is 0 Å². The molecule has 0 saturated heterocycles. The zero-order valence-electron chi connectivity index (χ0n) is 13.5. The largest absolute Gasteiger partial charge is 0.429 e. The van der Waals surface area contributed by atoms with Crippen molar-refractivity contribution in [3.8, 4) is 10.9 Å². The first-order valence-electron chi connectivity index (χ1n) is 7.70. The Morgan fingerprint density at radius 2 is 2.12 bits per heavy atom. The summed E-state index contributed by atoms with van der Waals surface area (Å²) in [5.74, 6) is 1.17. The topological polar surface area (TPSA) is 52.1 Å². The third-order valence-electron chi connectivity index (χ3n) is 3.35. The van der Waals surface area contributed by atoms with Gasteiger partial charge in [0.15, 0.2) is 0 Å². The van der Waals surface area contributed by atoms with Gasteiger partial charge in [0.05, 0.1) is 16.4 Å². The highest BCUT2D eigenvalue weighted by Gasteiger charge is 2.09. The van der Waals surface area contributed by atoms with Crippen molar-refractivity contribution in [3.63, 3.8) is 0 Å². The fraction of sp³-hybridized carbons (Fsp3) is 0.278. The van der Waals surface area contributed by atoms with Gasteiger partial charge in [-0.15, -0.1) is 0 Å². The van der Waals surface area contributed by atoms with Gasteiger partial charge in [0.1, 0.15) is 11.5 Å². The number of nitrogens with zero attached hydrogens (tertiary/aromatic N) is 2. The van der Waals surface area contributed by atoms with Crippen LogP contribution in [-0.2, 0) is 11.2 Å². The Morgan fingerprint density at radius 3 is 2.83 bits per heavy atom. The van der Waals surface area contributed by atoms with Crippen LogP contribution in [0.2, 0.25) is 5.02 Å². The lowest BCUT2D eigenvalue weighted by Gasteiger charge is -2.05. The van der Waals surface area contributed by atoms with Crippen molar-refractivity contribution < 1.29 is 9.53 Å². The Hall–Kier alpha value is -1.98. The van der Waals surface area contributed by atoms with Gasteiger partial charge in [-0.05, 0) is 36.2 Å². The van der Waals surface area contributed by atoms with Crippen LogP contribution in [0.3, 0.4) is 0 Å². The zero-order chi connectivity index (χ0) is 17.1. The van der Waals surface area contributed by atoms with E-state index in [1.807, 2.05) is 38.1 Å². The van der Waals surface area contributed by atoms with E-state index in [2.05, 4.69) is 9.97 Å². The zero-order valence-corrected chi connectivity index (χ0v) is 15.0. The summed E-state index contributed by atoms with van der Waals surface area (Å²) < 4.78 is 6.72. The van der Waals surface area contributed by atoms with Gasteiger partial charge in [-0.3, -0.25) is 9.78 Å². The average molecular weight is 361 g/mol.